The Bertz CT molecular complexity index is 301. The van der Waals surface area contributed by atoms with Crippen molar-refractivity contribution in [2.75, 3.05) is 0 Å². The van der Waals surface area contributed by atoms with E-state index in [2.05, 4.69) is 31.2 Å². The van der Waals surface area contributed by atoms with E-state index in [1.807, 2.05) is 0 Å². The topological polar surface area (TPSA) is 58.4 Å². The van der Waals surface area contributed by atoms with Crippen LogP contribution in [0, 0.1) is 11.8 Å². The van der Waals surface area contributed by atoms with Gasteiger partial charge in [0.1, 0.15) is 0 Å². The molecule has 4 heteroatoms. The predicted molar refractivity (Wildman–Crippen MR) is 77.2 cm³/mol. The van der Waals surface area contributed by atoms with Gasteiger partial charge < -0.3 is 5.73 Å². The lowest BCUT2D eigenvalue weighted by molar-refractivity contribution is -0.135. The van der Waals surface area contributed by atoms with E-state index in [-0.39, 0.29) is 17.9 Å². The minimum Gasteiger partial charge on any atom is -0.328 e. The van der Waals surface area contributed by atoms with Crippen LogP contribution in [0.3, 0.4) is 0 Å². The third-order valence-electron chi connectivity index (χ3n) is 4.78. The molecule has 5 atom stereocenters. The first-order valence-electron chi connectivity index (χ1n) is 7.81. The summed E-state index contributed by atoms with van der Waals surface area (Å²) < 4.78 is 0. The summed E-state index contributed by atoms with van der Waals surface area (Å²) in [4.78, 5) is 12.4. The van der Waals surface area contributed by atoms with Crippen LogP contribution in [0.5, 0.6) is 0 Å². The van der Waals surface area contributed by atoms with Crippen LogP contribution in [0.4, 0.5) is 0 Å². The Kier molecular flexibility index (Phi) is 4.85. The Morgan fingerprint density at radius 3 is 2.32 bits per heavy atom. The molecule has 110 valence electrons. The van der Waals surface area contributed by atoms with E-state index in [1.54, 1.807) is 0 Å². The lowest BCUT2D eigenvalue weighted by Crippen LogP contribution is -2.56. The van der Waals surface area contributed by atoms with E-state index >= 15 is 0 Å². The Labute approximate surface area is 117 Å². The van der Waals surface area contributed by atoms with E-state index in [4.69, 9.17) is 5.73 Å². The summed E-state index contributed by atoms with van der Waals surface area (Å²) in [7, 11) is 0. The number of hydrogen-bond acceptors (Lipinski definition) is 3. The van der Waals surface area contributed by atoms with Crippen LogP contribution < -0.4 is 11.2 Å². The molecule has 1 saturated carbocycles. The molecule has 0 aromatic rings. The van der Waals surface area contributed by atoms with Crippen molar-refractivity contribution in [3.63, 3.8) is 0 Å². The number of piperidine rings is 1. The highest BCUT2D eigenvalue weighted by atomic mass is 16.2. The minimum atomic E-state index is 0.0973. The molecule has 0 spiro atoms. The zero-order valence-corrected chi connectivity index (χ0v) is 12.6. The summed E-state index contributed by atoms with van der Waals surface area (Å²) in [6.45, 7) is 6.60. The van der Waals surface area contributed by atoms with E-state index < -0.39 is 0 Å². The van der Waals surface area contributed by atoms with Crippen LogP contribution in [0.15, 0.2) is 0 Å². The number of hydrogen-bond donors (Lipinski definition) is 2. The van der Waals surface area contributed by atoms with Gasteiger partial charge in [-0.25, -0.2) is 5.01 Å². The van der Waals surface area contributed by atoms with E-state index in [1.165, 1.54) is 19.3 Å². The first-order valence-corrected chi connectivity index (χ1v) is 7.81. The molecule has 1 aliphatic heterocycles. The fourth-order valence-corrected chi connectivity index (χ4v) is 3.73. The number of nitrogens with zero attached hydrogens (tertiary/aromatic N) is 1. The lowest BCUT2D eigenvalue weighted by Gasteiger charge is -2.40. The lowest BCUT2D eigenvalue weighted by atomic mass is 9.79. The second kappa shape index (κ2) is 6.23. The van der Waals surface area contributed by atoms with Gasteiger partial charge in [0.25, 0.3) is 0 Å². The number of rotatable bonds is 2. The molecule has 0 aromatic carbocycles. The van der Waals surface area contributed by atoms with Crippen LogP contribution in [0.2, 0.25) is 0 Å². The largest absolute Gasteiger partial charge is 0.328 e. The molecule has 1 aliphatic carbocycles. The summed E-state index contributed by atoms with van der Waals surface area (Å²) in [6, 6.07) is 1.08. The fraction of sp³-hybridized carbons (Fsp3) is 0.933. The molecule has 0 radical (unpaired) electrons. The number of hydrazine groups is 1. The van der Waals surface area contributed by atoms with Crippen molar-refractivity contribution >= 4 is 5.91 Å². The molecule has 2 fully saturated rings. The molecule has 4 nitrogen and oxygen atoms in total. The first-order chi connectivity index (χ1) is 8.97. The number of carbonyl (C=O) groups is 1. The molecule has 5 unspecified atom stereocenters. The van der Waals surface area contributed by atoms with Gasteiger partial charge in [-0.05, 0) is 51.9 Å². The second-order valence-electron chi connectivity index (χ2n) is 6.78. The molecule has 19 heavy (non-hydrogen) atoms. The standard InChI is InChI=1S/C15H29N3O/c1-10-7-13(9-14(16)8-10)15(19)17-18-11(2)5-4-6-12(18)3/h10-14H,4-9,16H2,1-3H3,(H,17,19). The molecule has 1 saturated heterocycles. The average Bonchev–Trinajstić information content (AvgIpc) is 2.32. The van der Waals surface area contributed by atoms with Crippen molar-refractivity contribution in [3.8, 4) is 0 Å². The van der Waals surface area contributed by atoms with Crippen LogP contribution in [0.25, 0.3) is 0 Å². The van der Waals surface area contributed by atoms with E-state index in [9.17, 15) is 4.79 Å². The third-order valence-corrected chi connectivity index (χ3v) is 4.78. The van der Waals surface area contributed by atoms with E-state index in [0.717, 1.165) is 19.3 Å². The Hall–Kier alpha value is -0.610. The maximum absolute atomic E-state index is 12.4. The maximum Gasteiger partial charge on any atom is 0.237 e. The predicted octanol–water partition coefficient (Wildman–Crippen LogP) is 2.04. The summed E-state index contributed by atoms with van der Waals surface area (Å²) in [5.74, 6) is 0.846. The van der Waals surface area contributed by atoms with Gasteiger partial charge in [-0.2, -0.15) is 0 Å². The molecule has 3 N–H and O–H groups in total. The molecule has 0 bridgehead atoms. The highest BCUT2D eigenvalue weighted by molar-refractivity contribution is 5.78. The average molecular weight is 267 g/mol. The van der Waals surface area contributed by atoms with Crippen molar-refractivity contribution in [2.24, 2.45) is 17.6 Å². The van der Waals surface area contributed by atoms with Crippen LogP contribution in [-0.2, 0) is 4.79 Å². The van der Waals surface area contributed by atoms with Crippen LogP contribution in [-0.4, -0.2) is 29.0 Å². The fourth-order valence-electron chi connectivity index (χ4n) is 3.73. The number of nitrogens with two attached hydrogens (primary N) is 1. The second-order valence-corrected chi connectivity index (χ2v) is 6.78. The van der Waals surface area contributed by atoms with Gasteiger partial charge in [-0.15, -0.1) is 0 Å². The van der Waals surface area contributed by atoms with Crippen molar-refractivity contribution in [1.82, 2.24) is 10.4 Å². The van der Waals surface area contributed by atoms with Gasteiger partial charge in [0.05, 0.1) is 0 Å². The first kappa shape index (κ1) is 14.8. The van der Waals surface area contributed by atoms with E-state index in [0.29, 0.717) is 18.0 Å². The van der Waals surface area contributed by atoms with Gasteiger partial charge in [-0.3, -0.25) is 10.2 Å². The molecule has 2 aliphatic rings. The highest BCUT2D eigenvalue weighted by Crippen LogP contribution is 2.29. The number of amides is 1. The summed E-state index contributed by atoms with van der Waals surface area (Å²) >= 11 is 0. The molecule has 0 aromatic heterocycles. The molecular formula is C15H29N3O. The quantitative estimate of drug-likeness (QED) is 0.805. The zero-order valence-electron chi connectivity index (χ0n) is 12.6. The van der Waals surface area contributed by atoms with Crippen molar-refractivity contribution in [3.05, 3.63) is 0 Å². The molecular weight excluding hydrogens is 238 g/mol. The maximum atomic E-state index is 12.4. The molecule has 1 amide bonds. The van der Waals surface area contributed by atoms with Crippen molar-refractivity contribution in [2.45, 2.75) is 77.4 Å². The number of carbonyl (C=O) groups excluding carboxylic acids is 1. The van der Waals surface area contributed by atoms with Gasteiger partial charge in [0.2, 0.25) is 5.91 Å². The smallest absolute Gasteiger partial charge is 0.237 e. The van der Waals surface area contributed by atoms with Crippen molar-refractivity contribution < 1.29 is 4.79 Å². The van der Waals surface area contributed by atoms with Gasteiger partial charge in [0.15, 0.2) is 0 Å². The third kappa shape index (κ3) is 3.69. The molecule has 1 heterocycles. The normalized spacial score (nSPS) is 40.9. The van der Waals surface area contributed by atoms with Crippen molar-refractivity contribution in [1.29, 1.82) is 0 Å². The Morgan fingerprint density at radius 2 is 1.74 bits per heavy atom. The SMILES string of the molecule is CC1CC(N)CC(C(=O)NN2C(C)CCCC2C)C1. The highest BCUT2D eigenvalue weighted by Gasteiger charge is 2.32. The summed E-state index contributed by atoms with van der Waals surface area (Å²) in [5, 5.41) is 2.16. The van der Waals surface area contributed by atoms with Gasteiger partial charge in [0, 0.05) is 24.0 Å². The van der Waals surface area contributed by atoms with Gasteiger partial charge in [-0.1, -0.05) is 13.3 Å². The summed E-state index contributed by atoms with van der Waals surface area (Å²) in [5.41, 5.74) is 9.22. The Balaban J connectivity index is 1.92. The van der Waals surface area contributed by atoms with Crippen LogP contribution in [0.1, 0.15) is 59.3 Å². The van der Waals surface area contributed by atoms with Crippen LogP contribution >= 0.6 is 0 Å². The zero-order chi connectivity index (χ0) is 14.0. The Morgan fingerprint density at radius 1 is 1.11 bits per heavy atom. The minimum absolute atomic E-state index is 0.0973. The summed E-state index contributed by atoms with van der Waals surface area (Å²) in [6.07, 6.45) is 6.49. The number of nitrogens with one attached hydrogen (secondary N) is 1. The monoisotopic (exact) mass is 267 g/mol. The molecule has 2 rings (SSSR count). The van der Waals surface area contributed by atoms with Gasteiger partial charge >= 0.3 is 0 Å².